The molecule has 0 aliphatic rings. The lowest BCUT2D eigenvalue weighted by Gasteiger charge is -2.13. The zero-order chi connectivity index (χ0) is 23.5. The topological polar surface area (TPSA) is 103 Å². The number of urea groups is 1. The highest BCUT2D eigenvalue weighted by molar-refractivity contribution is 7.13. The molecule has 0 saturated heterocycles. The fraction of sp³-hybridized carbons (Fsp3) is 0.0833. The first-order valence-electron chi connectivity index (χ1n) is 10.3. The number of hydrogen-bond acceptors (Lipinski definition) is 7. The van der Waals surface area contributed by atoms with Gasteiger partial charge >= 0.3 is 6.03 Å². The number of ether oxygens (including phenoxy) is 2. The number of nitrogens with one attached hydrogen (secondary N) is 2. The van der Waals surface area contributed by atoms with E-state index >= 15 is 0 Å². The van der Waals surface area contributed by atoms with Crippen LogP contribution in [0.2, 0.25) is 0 Å². The van der Waals surface area contributed by atoms with Crippen LogP contribution in [0.4, 0.5) is 16.2 Å². The lowest BCUT2D eigenvalue weighted by molar-refractivity contribution is 0.262. The van der Waals surface area contributed by atoms with Gasteiger partial charge in [-0.05, 0) is 47.8 Å². The van der Waals surface area contributed by atoms with E-state index in [2.05, 4.69) is 20.8 Å². The molecule has 10 heteroatoms. The normalized spacial score (nSPS) is 10.8. The van der Waals surface area contributed by atoms with Crippen LogP contribution in [0.25, 0.3) is 27.6 Å². The van der Waals surface area contributed by atoms with Crippen molar-refractivity contribution >= 4 is 34.4 Å². The quantitative estimate of drug-likeness (QED) is 0.353. The Morgan fingerprint density at radius 1 is 0.941 bits per heavy atom. The molecule has 0 aliphatic heterocycles. The number of amides is 2. The Labute approximate surface area is 199 Å². The van der Waals surface area contributed by atoms with E-state index in [1.54, 1.807) is 47.2 Å². The highest BCUT2D eigenvalue weighted by Gasteiger charge is 2.13. The molecule has 0 radical (unpaired) electrons. The third-order valence-electron chi connectivity index (χ3n) is 5.08. The molecule has 0 spiro atoms. The van der Waals surface area contributed by atoms with Crippen LogP contribution in [0.5, 0.6) is 11.5 Å². The molecule has 0 fully saturated rings. The van der Waals surface area contributed by atoms with E-state index in [-0.39, 0.29) is 0 Å². The van der Waals surface area contributed by atoms with Gasteiger partial charge in [-0.25, -0.2) is 4.79 Å². The van der Waals surface area contributed by atoms with Crippen molar-refractivity contribution in [3.63, 3.8) is 0 Å². The van der Waals surface area contributed by atoms with Crippen LogP contribution < -0.4 is 20.1 Å². The second-order valence-electron chi connectivity index (χ2n) is 7.22. The van der Waals surface area contributed by atoms with Gasteiger partial charge in [0, 0.05) is 17.3 Å². The molecule has 5 rings (SSSR count). The van der Waals surface area contributed by atoms with Gasteiger partial charge in [-0.3, -0.25) is 0 Å². The van der Waals surface area contributed by atoms with Gasteiger partial charge in [-0.15, -0.1) is 21.5 Å². The standard InChI is InChI=1S/C24H20N6O3S/c1-32-17-8-10-20(33-2)19(14-17)26-24(31)25-16-6-3-5-15(13-16)18-9-11-22-27-28-23(30(22)29-18)21-7-4-12-34-21/h3-14H,1-2H3,(H2,25,26,31). The highest BCUT2D eigenvalue weighted by Crippen LogP contribution is 2.29. The summed E-state index contributed by atoms with van der Waals surface area (Å²) in [6.45, 7) is 0. The smallest absolute Gasteiger partial charge is 0.323 e. The Morgan fingerprint density at radius 3 is 2.65 bits per heavy atom. The van der Waals surface area contributed by atoms with Gasteiger partial charge < -0.3 is 20.1 Å². The van der Waals surface area contributed by atoms with Gasteiger partial charge in [0.25, 0.3) is 0 Å². The maximum absolute atomic E-state index is 12.7. The predicted molar refractivity (Wildman–Crippen MR) is 132 cm³/mol. The SMILES string of the molecule is COc1ccc(OC)c(NC(=O)Nc2cccc(-c3ccc4nnc(-c5cccs5)n4n3)c2)c1. The monoisotopic (exact) mass is 472 g/mol. The number of carbonyl (C=O) groups excluding carboxylic acids is 1. The van der Waals surface area contributed by atoms with E-state index in [1.807, 2.05) is 47.8 Å². The van der Waals surface area contributed by atoms with Crippen molar-refractivity contribution in [1.29, 1.82) is 0 Å². The van der Waals surface area contributed by atoms with E-state index in [9.17, 15) is 4.79 Å². The lowest BCUT2D eigenvalue weighted by atomic mass is 10.1. The number of carbonyl (C=O) groups is 1. The summed E-state index contributed by atoms with van der Waals surface area (Å²) in [6.07, 6.45) is 0. The fourth-order valence-corrected chi connectivity index (χ4v) is 4.15. The largest absolute Gasteiger partial charge is 0.497 e. The molecule has 170 valence electrons. The average molecular weight is 473 g/mol. The molecule has 2 N–H and O–H groups in total. The van der Waals surface area contributed by atoms with Crippen LogP contribution in [0.3, 0.4) is 0 Å². The molecule has 0 aliphatic carbocycles. The van der Waals surface area contributed by atoms with E-state index in [1.165, 1.54) is 7.11 Å². The van der Waals surface area contributed by atoms with Crippen LogP contribution in [-0.4, -0.2) is 40.1 Å². The molecule has 0 atom stereocenters. The van der Waals surface area contributed by atoms with Gasteiger partial charge in [-0.1, -0.05) is 18.2 Å². The summed E-state index contributed by atoms with van der Waals surface area (Å²) in [4.78, 5) is 13.6. The third-order valence-corrected chi connectivity index (χ3v) is 5.94. The van der Waals surface area contributed by atoms with Crippen LogP contribution in [0.1, 0.15) is 0 Å². The Morgan fingerprint density at radius 2 is 1.85 bits per heavy atom. The van der Waals surface area contributed by atoms with Crippen molar-refractivity contribution in [1.82, 2.24) is 19.8 Å². The van der Waals surface area contributed by atoms with E-state index < -0.39 is 6.03 Å². The average Bonchev–Trinajstić information content (AvgIpc) is 3.53. The van der Waals surface area contributed by atoms with Gasteiger partial charge in [0.05, 0.1) is 30.5 Å². The van der Waals surface area contributed by atoms with Gasteiger partial charge in [0.1, 0.15) is 11.5 Å². The number of methoxy groups -OCH3 is 2. The van der Waals surface area contributed by atoms with Crippen molar-refractivity contribution in [3.8, 4) is 33.5 Å². The molecule has 2 aromatic carbocycles. The van der Waals surface area contributed by atoms with Crippen molar-refractivity contribution in [3.05, 3.63) is 72.1 Å². The van der Waals surface area contributed by atoms with Crippen LogP contribution in [0, 0.1) is 0 Å². The third kappa shape index (κ3) is 4.26. The Kier molecular flexibility index (Phi) is 5.79. The maximum Gasteiger partial charge on any atom is 0.323 e. The first-order valence-corrected chi connectivity index (χ1v) is 11.2. The van der Waals surface area contributed by atoms with E-state index in [0.717, 1.165) is 16.1 Å². The van der Waals surface area contributed by atoms with Crippen LogP contribution >= 0.6 is 11.3 Å². The van der Waals surface area contributed by atoms with Crippen LogP contribution in [0.15, 0.2) is 72.1 Å². The van der Waals surface area contributed by atoms with E-state index in [0.29, 0.717) is 34.3 Å². The van der Waals surface area contributed by atoms with Crippen molar-refractivity contribution in [2.24, 2.45) is 0 Å². The van der Waals surface area contributed by atoms with Gasteiger partial charge in [0.2, 0.25) is 0 Å². The first-order chi connectivity index (χ1) is 16.6. The molecule has 3 heterocycles. The second kappa shape index (κ2) is 9.20. The minimum Gasteiger partial charge on any atom is -0.497 e. The molecular formula is C24H20N6O3S. The minimum absolute atomic E-state index is 0.411. The molecule has 9 nitrogen and oxygen atoms in total. The number of aromatic nitrogens is 4. The fourth-order valence-electron chi connectivity index (χ4n) is 3.45. The molecule has 0 saturated carbocycles. The number of nitrogens with zero attached hydrogens (tertiary/aromatic N) is 4. The zero-order valence-electron chi connectivity index (χ0n) is 18.4. The molecule has 2 amide bonds. The van der Waals surface area contributed by atoms with Gasteiger partial charge in [0.15, 0.2) is 11.5 Å². The number of thiophene rings is 1. The van der Waals surface area contributed by atoms with Crippen molar-refractivity contribution in [2.75, 3.05) is 24.9 Å². The highest BCUT2D eigenvalue weighted by atomic mass is 32.1. The maximum atomic E-state index is 12.7. The Bertz CT molecular complexity index is 1470. The molecule has 0 unspecified atom stereocenters. The predicted octanol–water partition coefficient (Wildman–Crippen LogP) is 5.18. The molecule has 34 heavy (non-hydrogen) atoms. The summed E-state index contributed by atoms with van der Waals surface area (Å²) in [5.41, 5.74) is 3.33. The molecule has 5 aromatic rings. The summed E-state index contributed by atoms with van der Waals surface area (Å²) in [5, 5.41) is 20.8. The van der Waals surface area contributed by atoms with Gasteiger partial charge in [-0.2, -0.15) is 9.61 Å². The second-order valence-corrected chi connectivity index (χ2v) is 8.16. The summed E-state index contributed by atoms with van der Waals surface area (Å²) in [6, 6.07) is 19.9. The van der Waals surface area contributed by atoms with Crippen molar-refractivity contribution in [2.45, 2.75) is 0 Å². The number of rotatable bonds is 6. The summed E-state index contributed by atoms with van der Waals surface area (Å²) in [7, 11) is 3.10. The number of hydrogen-bond donors (Lipinski definition) is 2. The number of benzene rings is 2. The summed E-state index contributed by atoms with van der Waals surface area (Å²) >= 11 is 1.58. The summed E-state index contributed by atoms with van der Waals surface area (Å²) in [5.74, 6) is 1.82. The summed E-state index contributed by atoms with van der Waals surface area (Å²) < 4.78 is 12.3. The zero-order valence-corrected chi connectivity index (χ0v) is 19.2. The number of anilines is 2. The molecular weight excluding hydrogens is 452 g/mol. The van der Waals surface area contributed by atoms with Crippen LogP contribution in [-0.2, 0) is 0 Å². The Hall–Kier alpha value is -4.44. The van der Waals surface area contributed by atoms with E-state index in [4.69, 9.17) is 14.6 Å². The molecule has 3 aromatic heterocycles. The minimum atomic E-state index is -0.411. The Balaban J connectivity index is 1.38. The number of fused-ring (bicyclic) bond motifs is 1. The molecule has 0 bridgehead atoms. The van der Waals surface area contributed by atoms with Crippen molar-refractivity contribution < 1.29 is 14.3 Å². The first kappa shape index (κ1) is 21.4. The lowest BCUT2D eigenvalue weighted by Crippen LogP contribution is -2.19.